The van der Waals surface area contributed by atoms with Gasteiger partial charge in [-0.2, -0.15) is 0 Å². The summed E-state index contributed by atoms with van der Waals surface area (Å²) in [6.45, 7) is 3.47. The molecule has 0 radical (unpaired) electrons. The summed E-state index contributed by atoms with van der Waals surface area (Å²) in [6.07, 6.45) is 0.300. The quantitative estimate of drug-likeness (QED) is 0.465. The molecule has 0 aliphatic carbocycles. The van der Waals surface area contributed by atoms with Crippen LogP contribution in [0, 0.1) is 0 Å². The molecule has 1 aromatic heterocycles. The summed E-state index contributed by atoms with van der Waals surface area (Å²) in [6, 6.07) is 11.3. The van der Waals surface area contributed by atoms with Crippen LogP contribution in [0.1, 0.15) is 30.4 Å². The highest BCUT2D eigenvalue weighted by molar-refractivity contribution is 7.17. The molecular weight excluding hydrogens is 409 g/mol. The summed E-state index contributed by atoms with van der Waals surface area (Å²) in [5, 5.41) is 23.2. The van der Waals surface area contributed by atoms with Gasteiger partial charge in [0.05, 0.1) is 13.0 Å². The number of halogens is 1. The largest absolute Gasteiger partial charge is 0.488 e. The van der Waals surface area contributed by atoms with Crippen LogP contribution in [0.4, 0.5) is 5.69 Å². The Balaban J connectivity index is 1.67. The van der Waals surface area contributed by atoms with Crippen LogP contribution < -0.4 is 10.4 Å². The van der Waals surface area contributed by atoms with E-state index in [4.69, 9.17) is 16.3 Å². The number of ether oxygens (including phenoxy) is 1. The number of rotatable bonds is 6. The molecular formula is C21H21BClNO4S. The van der Waals surface area contributed by atoms with Crippen molar-refractivity contribution < 1.29 is 19.6 Å². The molecule has 1 aliphatic heterocycles. The molecule has 2 N–H and O–H groups in total. The number of benzene rings is 2. The Morgan fingerprint density at radius 2 is 2.14 bits per heavy atom. The van der Waals surface area contributed by atoms with Gasteiger partial charge in [-0.15, -0.1) is 11.3 Å². The maximum absolute atomic E-state index is 12.1. The third-order valence-electron chi connectivity index (χ3n) is 5.27. The van der Waals surface area contributed by atoms with Crippen molar-refractivity contribution in [3.63, 3.8) is 0 Å². The van der Waals surface area contributed by atoms with E-state index in [-0.39, 0.29) is 11.9 Å². The van der Waals surface area contributed by atoms with E-state index in [1.54, 1.807) is 30.4 Å². The highest BCUT2D eigenvalue weighted by Crippen LogP contribution is 2.40. The van der Waals surface area contributed by atoms with E-state index in [1.165, 1.54) is 4.70 Å². The Labute approximate surface area is 178 Å². The lowest BCUT2D eigenvalue weighted by Crippen LogP contribution is -2.30. The third kappa shape index (κ3) is 4.14. The maximum Gasteiger partial charge on any atom is 0.488 e. The van der Waals surface area contributed by atoms with Gasteiger partial charge in [-0.05, 0) is 58.5 Å². The monoisotopic (exact) mass is 429 g/mol. The fourth-order valence-corrected chi connectivity index (χ4v) is 5.04. The Morgan fingerprint density at radius 3 is 2.90 bits per heavy atom. The lowest BCUT2D eigenvalue weighted by atomic mass is 9.79. The fraction of sp³-hybridized carbons (Fsp3) is 0.286. The van der Waals surface area contributed by atoms with Crippen LogP contribution in [0.3, 0.4) is 0 Å². The second kappa shape index (κ2) is 8.36. The predicted octanol–water partition coefficient (Wildman–Crippen LogP) is 3.29. The van der Waals surface area contributed by atoms with Gasteiger partial charge >= 0.3 is 13.1 Å². The van der Waals surface area contributed by atoms with Gasteiger partial charge in [-0.3, -0.25) is 4.79 Å². The SMILES string of the molecule is CCOC(=O)CC1CN(Cc2csc3ccc(Cl)cc23)c2cc(B(O)O)ccc21. The molecule has 8 heteroatoms. The number of nitrogens with zero attached hydrogens (tertiary/aromatic N) is 1. The molecule has 1 aliphatic rings. The van der Waals surface area contributed by atoms with Crippen molar-refractivity contribution >= 4 is 57.3 Å². The third-order valence-corrected chi connectivity index (χ3v) is 6.52. The van der Waals surface area contributed by atoms with E-state index in [1.807, 2.05) is 24.3 Å². The van der Waals surface area contributed by atoms with E-state index < -0.39 is 7.12 Å². The van der Waals surface area contributed by atoms with Crippen LogP contribution in [0.2, 0.25) is 5.02 Å². The summed E-state index contributed by atoms with van der Waals surface area (Å²) in [7, 11) is -1.54. The molecule has 1 unspecified atom stereocenters. The van der Waals surface area contributed by atoms with Gasteiger partial charge in [-0.1, -0.05) is 23.7 Å². The minimum Gasteiger partial charge on any atom is -0.466 e. The first-order valence-electron chi connectivity index (χ1n) is 9.52. The lowest BCUT2D eigenvalue weighted by molar-refractivity contribution is -0.143. The average molecular weight is 430 g/mol. The van der Waals surface area contributed by atoms with Gasteiger partial charge in [-0.25, -0.2) is 0 Å². The number of esters is 1. The number of fused-ring (bicyclic) bond motifs is 2. The minimum atomic E-state index is -1.54. The number of hydrogen-bond donors (Lipinski definition) is 2. The summed E-state index contributed by atoms with van der Waals surface area (Å²) in [5.41, 5.74) is 3.54. The smallest absolute Gasteiger partial charge is 0.466 e. The molecule has 150 valence electrons. The zero-order chi connectivity index (χ0) is 20.5. The zero-order valence-electron chi connectivity index (χ0n) is 16.0. The van der Waals surface area contributed by atoms with Crippen LogP contribution in [-0.2, 0) is 16.1 Å². The van der Waals surface area contributed by atoms with E-state index in [9.17, 15) is 14.8 Å². The highest BCUT2D eigenvalue weighted by Gasteiger charge is 2.32. The molecule has 0 bridgehead atoms. The number of carbonyl (C=O) groups is 1. The molecule has 0 spiro atoms. The summed E-state index contributed by atoms with van der Waals surface area (Å²) in [4.78, 5) is 14.3. The molecule has 0 saturated heterocycles. The number of thiophene rings is 1. The molecule has 1 atom stereocenters. The maximum atomic E-state index is 12.1. The number of carbonyl (C=O) groups excluding carboxylic acids is 1. The second-order valence-electron chi connectivity index (χ2n) is 7.18. The minimum absolute atomic E-state index is 0.00224. The lowest BCUT2D eigenvalue weighted by Gasteiger charge is -2.20. The molecule has 0 amide bonds. The normalized spacial score (nSPS) is 15.6. The van der Waals surface area contributed by atoms with Gasteiger partial charge in [0.25, 0.3) is 0 Å². The standard InChI is InChI=1S/C21H21BClNO4S/c1-2-28-21(25)7-13-10-24(19-8-15(22(26)27)3-5-17(13)19)11-14-12-29-20-6-4-16(23)9-18(14)20/h3-6,8-9,12-13,26-27H,2,7,10-11H2,1H3. The summed E-state index contributed by atoms with van der Waals surface area (Å²) >= 11 is 7.87. The number of anilines is 1. The van der Waals surface area contributed by atoms with Gasteiger partial charge in [0, 0.05) is 34.4 Å². The molecule has 29 heavy (non-hydrogen) atoms. The van der Waals surface area contributed by atoms with Gasteiger partial charge < -0.3 is 19.7 Å². The van der Waals surface area contributed by atoms with E-state index in [2.05, 4.69) is 10.3 Å². The summed E-state index contributed by atoms with van der Waals surface area (Å²) in [5.74, 6) is -0.216. The van der Waals surface area contributed by atoms with Crippen molar-refractivity contribution in [1.29, 1.82) is 0 Å². The first-order chi connectivity index (χ1) is 14.0. The molecule has 2 aromatic carbocycles. The Bertz CT molecular complexity index is 1050. The van der Waals surface area contributed by atoms with Crippen LogP contribution >= 0.6 is 22.9 Å². The van der Waals surface area contributed by atoms with Gasteiger partial charge in [0.2, 0.25) is 0 Å². The van der Waals surface area contributed by atoms with Crippen molar-refractivity contribution in [2.75, 3.05) is 18.1 Å². The topological polar surface area (TPSA) is 70.0 Å². The van der Waals surface area contributed by atoms with Crippen molar-refractivity contribution in [1.82, 2.24) is 0 Å². The molecule has 5 nitrogen and oxygen atoms in total. The Morgan fingerprint density at radius 1 is 1.31 bits per heavy atom. The van der Waals surface area contributed by atoms with Crippen LogP contribution in [0.5, 0.6) is 0 Å². The van der Waals surface area contributed by atoms with Crippen LogP contribution in [0.15, 0.2) is 41.8 Å². The number of hydrogen-bond acceptors (Lipinski definition) is 6. The second-order valence-corrected chi connectivity index (χ2v) is 8.53. The van der Waals surface area contributed by atoms with Crippen molar-refractivity contribution in [3.8, 4) is 0 Å². The van der Waals surface area contributed by atoms with Crippen molar-refractivity contribution in [2.24, 2.45) is 0 Å². The first kappa shape index (κ1) is 20.2. The highest BCUT2D eigenvalue weighted by atomic mass is 35.5. The molecule has 2 heterocycles. The van der Waals surface area contributed by atoms with Gasteiger partial charge in [0.1, 0.15) is 0 Å². The Kier molecular flexibility index (Phi) is 5.83. The Hall–Kier alpha value is -2.06. The van der Waals surface area contributed by atoms with E-state index in [0.29, 0.717) is 36.6 Å². The van der Waals surface area contributed by atoms with E-state index >= 15 is 0 Å². The average Bonchev–Trinajstić information content (AvgIpc) is 3.23. The predicted molar refractivity (Wildman–Crippen MR) is 118 cm³/mol. The molecule has 3 aromatic rings. The van der Waals surface area contributed by atoms with Crippen molar-refractivity contribution in [2.45, 2.75) is 25.8 Å². The molecule has 4 rings (SSSR count). The van der Waals surface area contributed by atoms with Gasteiger partial charge in [0.15, 0.2) is 0 Å². The summed E-state index contributed by atoms with van der Waals surface area (Å²) < 4.78 is 6.31. The molecule has 0 saturated carbocycles. The fourth-order valence-electron chi connectivity index (χ4n) is 3.93. The van der Waals surface area contributed by atoms with Crippen LogP contribution in [-0.4, -0.2) is 36.3 Å². The molecule has 0 fully saturated rings. The zero-order valence-corrected chi connectivity index (χ0v) is 17.5. The van der Waals surface area contributed by atoms with Crippen molar-refractivity contribution in [3.05, 3.63) is 57.9 Å². The van der Waals surface area contributed by atoms with Crippen LogP contribution in [0.25, 0.3) is 10.1 Å². The first-order valence-corrected chi connectivity index (χ1v) is 10.8. The van der Waals surface area contributed by atoms with E-state index in [0.717, 1.165) is 22.2 Å².